The van der Waals surface area contributed by atoms with Gasteiger partial charge in [0.15, 0.2) is 0 Å². The van der Waals surface area contributed by atoms with Crippen LogP contribution in [0.2, 0.25) is 0 Å². The van der Waals surface area contributed by atoms with Crippen molar-refractivity contribution in [3.63, 3.8) is 0 Å². The van der Waals surface area contributed by atoms with E-state index in [0.29, 0.717) is 25.6 Å². The number of amides is 2. The number of nitrogens with one attached hydrogen (secondary N) is 1. The highest BCUT2D eigenvalue weighted by Gasteiger charge is 2.41. The van der Waals surface area contributed by atoms with Crippen molar-refractivity contribution in [1.29, 1.82) is 0 Å². The van der Waals surface area contributed by atoms with Crippen LogP contribution in [0, 0.1) is 12.8 Å². The van der Waals surface area contributed by atoms with E-state index in [9.17, 15) is 9.59 Å². The van der Waals surface area contributed by atoms with Gasteiger partial charge in [0, 0.05) is 31.5 Å². The minimum absolute atomic E-state index is 0.107. The molecule has 0 spiro atoms. The molecule has 0 radical (unpaired) electrons. The van der Waals surface area contributed by atoms with Crippen LogP contribution in [-0.2, 0) is 9.59 Å². The van der Waals surface area contributed by atoms with Gasteiger partial charge in [-0.05, 0) is 30.9 Å². The van der Waals surface area contributed by atoms with Crippen LogP contribution >= 0.6 is 0 Å². The van der Waals surface area contributed by atoms with Crippen molar-refractivity contribution in [1.82, 2.24) is 10.2 Å². The lowest BCUT2D eigenvalue weighted by Crippen LogP contribution is -2.36. The third kappa shape index (κ3) is 3.01. The maximum atomic E-state index is 12.6. The molecule has 1 aromatic carbocycles. The second kappa shape index (κ2) is 6.11. The zero-order valence-corrected chi connectivity index (χ0v) is 13.3. The van der Waals surface area contributed by atoms with Crippen LogP contribution in [0.5, 0.6) is 0 Å². The summed E-state index contributed by atoms with van der Waals surface area (Å²) in [7, 11) is 0. The molecule has 22 heavy (non-hydrogen) atoms. The molecule has 0 bridgehead atoms. The first kappa shape index (κ1) is 15.1. The van der Waals surface area contributed by atoms with E-state index in [0.717, 1.165) is 12.8 Å². The van der Waals surface area contributed by atoms with Crippen molar-refractivity contribution in [2.75, 3.05) is 13.1 Å². The standard InChI is InChI=1S/C18H24N2O2/c1-3-17(21)20-10-15(14-7-5-4-6-12(14)2)16(11-20)18(22)19-13-8-9-13/h4-7,13,15-16H,3,8-11H2,1-2H3,(H,19,22). The number of carbonyl (C=O) groups excluding carboxylic acids is 2. The van der Waals surface area contributed by atoms with Gasteiger partial charge in [-0.25, -0.2) is 0 Å². The summed E-state index contributed by atoms with van der Waals surface area (Å²) in [4.78, 5) is 26.5. The summed E-state index contributed by atoms with van der Waals surface area (Å²) in [5, 5.41) is 3.12. The first-order valence-corrected chi connectivity index (χ1v) is 8.23. The average molecular weight is 300 g/mol. The van der Waals surface area contributed by atoms with Gasteiger partial charge in [0.05, 0.1) is 5.92 Å². The van der Waals surface area contributed by atoms with Gasteiger partial charge in [0.25, 0.3) is 0 Å². The summed E-state index contributed by atoms with van der Waals surface area (Å²) < 4.78 is 0. The van der Waals surface area contributed by atoms with Crippen LogP contribution in [0.15, 0.2) is 24.3 Å². The van der Waals surface area contributed by atoms with Gasteiger partial charge in [0.1, 0.15) is 0 Å². The van der Waals surface area contributed by atoms with Crippen molar-refractivity contribution >= 4 is 11.8 Å². The third-order valence-corrected chi connectivity index (χ3v) is 4.82. The summed E-state index contributed by atoms with van der Waals surface area (Å²) in [6.45, 7) is 5.16. The van der Waals surface area contributed by atoms with Crippen molar-refractivity contribution < 1.29 is 9.59 Å². The molecular weight excluding hydrogens is 276 g/mol. The number of likely N-dealkylation sites (tertiary alicyclic amines) is 1. The smallest absolute Gasteiger partial charge is 0.225 e. The highest BCUT2D eigenvalue weighted by Crippen LogP contribution is 2.35. The van der Waals surface area contributed by atoms with Crippen molar-refractivity contribution in [3.8, 4) is 0 Å². The van der Waals surface area contributed by atoms with Crippen molar-refractivity contribution in [3.05, 3.63) is 35.4 Å². The maximum Gasteiger partial charge on any atom is 0.225 e. The fraction of sp³-hybridized carbons (Fsp3) is 0.556. The van der Waals surface area contributed by atoms with Gasteiger partial charge in [-0.1, -0.05) is 31.2 Å². The molecule has 1 saturated carbocycles. The Hall–Kier alpha value is -1.84. The van der Waals surface area contributed by atoms with E-state index in [1.54, 1.807) is 0 Å². The van der Waals surface area contributed by atoms with Crippen LogP contribution in [-0.4, -0.2) is 35.8 Å². The van der Waals surface area contributed by atoms with Crippen LogP contribution in [0.3, 0.4) is 0 Å². The largest absolute Gasteiger partial charge is 0.353 e. The fourth-order valence-electron chi connectivity index (χ4n) is 3.35. The predicted molar refractivity (Wildman–Crippen MR) is 85.4 cm³/mol. The van der Waals surface area contributed by atoms with Crippen molar-refractivity contribution in [2.45, 2.75) is 45.1 Å². The number of rotatable bonds is 4. The summed E-state index contributed by atoms with van der Waals surface area (Å²) >= 11 is 0. The van der Waals surface area contributed by atoms with Gasteiger partial charge in [-0.15, -0.1) is 0 Å². The normalized spacial score (nSPS) is 24.4. The Morgan fingerprint density at radius 2 is 1.95 bits per heavy atom. The topological polar surface area (TPSA) is 49.4 Å². The highest BCUT2D eigenvalue weighted by atomic mass is 16.2. The summed E-state index contributed by atoms with van der Waals surface area (Å²) in [5.41, 5.74) is 2.40. The number of nitrogens with zero attached hydrogens (tertiary/aromatic N) is 1. The van der Waals surface area contributed by atoms with Crippen LogP contribution in [0.4, 0.5) is 0 Å². The summed E-state index contributed by atoms with van der Waals surface area (Å²) in [6.07, 6.45) is 2.67. The maximum absolute atomic E-state index is 12.6. The summed E-state index contributed by atoms with van der Waals surface area (Å²) in [5.74, 6) is 0.232. The minimum Gasteiger partial charge on any atom is -0.353 e. The Balaban J connectivity index is 1.84. The molecule has 0 aromatic heterocycles. The van der Waals surface area contributed by atoms with Crippen molar-refractivity contribution in [2.24, 2.45) is 5.92 Å². The Morgan fingerprint density at radius 3 is 2.59 bits per heavy atom. The Kier molecular flexibility index (Phi) is 4.19. The van der Waals surface area contributed by atoms with Crippen LogP contribution < -0.4 is 5.32 Å². The van der Waals surface area contributed by atoms with E-state index in [2.05, 4.69) is 24.4 Å². The minimum atomic E-state index is -0.128. The SMILES string of the molecule is CCC(=O)N1CC(C(=O)NC2CC2)C(c2ccccc2C)C1. The molecule has 1 aliphatic carbocycles. The summed E-state index contributed by atoms with van der Waals surface area (Å²) in [6, 6.07) is 8.57. The van der Waals surface area contributed by atoms with E-state index < -0.39 is 0 Å². The number of benzene rings is 1. The molecule has 1 N–H and O–H groups in total. The zero-order chi connectivity index (χ0) is 15.7. The molecule has 4 heteroatoms. The Bertz CT molecular complexity index is 580. The second-order valence-electron chi connectivity index (χ2n) is 6.50. The van der Waals surface area contributed by atoms with Crippen LogP contribution in [0.1, 0.15) is 43.2 Å². The van der Waals surface area contributed by atoms with E-state index in [4.69, 9.17) is 0 Å². The van der Waals surface area contributed by atoms with Crippen LogP contribution in [0.25, 0.3) is 0 Å². The molecule has 2 amide bonds. The molecule has 1 aliphatic heterocycles. The quantitative estimate of drug-likeness (QED) is 0.927. The first-order valence-electron chi connectivity index (χ1n) is 8.23. The fourth-order valence-corrected chi connectivity index (χ4v) is 3.35. The molecule has 1 saturated heterocycles. The number of carbonyl (C=O) groups is 2. The first-order chi connectivity index (χ1) is 10.6. The van der Waals surface area contributed by atoms with E-state index in [1.807, 2.05) is 24.0 Å². The second-order valence-corrected chi connectivity index (χ2v) is 6.50. The highest BCUT2D eigenvalue weighted by molar-refractivity contribution is 5.83. The Labute approximate surface area is 131 Å². The van der Waals surface area contributed by atoms with E-state index in [1.165, 1.54) is 11.1 Å². The predicted octanol–water partition coefficient (Wildman–Crippen LogP) is 2.23. The number of hydrogen-bond acceptors (Lipinski definition) is 2. The molecule has 2 aliphatic rings. The van der Waals surface area contributed by atoms with Gasteiger partial charge in [0.2, 0.25) is 11.8 Å². The van der Waals surface area contributed by atoms with Gasteiger partial charge in [-0.2, -0.15) is 0 Å². The Morgan fingerprint density at radius 1 is 1.23 bits per heavy atom. The molecular formula is C18H24N2O2. The average Bonchev–Trinajstić information content (AvgIpc) is 3.22. The molecule has 2 fully saturated rings. The molecule has 118 valence electrons. The lowest BCUT2D eigenvalue weighted by molar-refractivity contribution is -0.130. The molecule has 2 unspecified atom stereocenters. The van der Waals surface area contributed by atoms with Gasteiger partial charge < -0.3 is 10.2 Å². The number of hydrogen-bond donors (Lipinski definition) is 1. The molecule has 1 heterocycles. The van der Waals surface area contributed by atoms with Gasteiger partial charge in [-0.3, -0.25) is 9.59 Å². The van der Waals surface area contributed by atoms with E-state index in [-0.39, 0.29) is 23.7 Å². The lowest BCUT2D eigenvalue weighted by Gasteiger charge is -2.19. The molecule has 1 aromatic rings. The number of aryl methyl sites for hydroxylation is 1. The van der Waals surface area contributed by atoms with E-state index >= 15 is 0 Å². The molecule has 4 nitrogen and oxygen atoms in total. The third-order valence-electron chi connectivity index (χ3n) is 4.82. The zero-order valence-electron chi connectivity index (χ0n) is 13.3. The lowest BCUT2D eigenvalue weighted by atomic mass is 9.86. The van der Waals surface area contributed by atoms with Gasteiger partial charge >= 0.3 is 0 Å². The molecule has 3 rings (SSSR count). The monoisotopic (exact) mass is 300 g/mol. The molecule has 2 atom stereocenters.